The lowest BCUT2D eigenvalue weighted by molar-refractivity contribution is -0.305. The van der Waals surface area contributed by atoms with Gasteiger partial charge in [-0.2, -0.15) is 0 Å². The Labute approximate surface area is 473 Å². The fraction of sp³-hybridized carbons (Fsp3) is 0.879. The molecule has 6 N–H and O–H groups in total. The third kappa shape index (κ3) is 42.4. The maximum atomic E-state index is 13.4. The van der Waals surface area contributed by atoms with Gasteiger partial charge < -0.3 is 45.1 Å². The fourth-order valence-corrected chi connectivity index (χ4v) is 10.3. The summed E-state index contributed by atoms with van der Waals surface area (Å²) in [7, 11) is 0. The molecule has 8 atom stereocenters. The van der Waals surface area contributed by atoms with Crippen LogP contribution in [0.5, 0.6) is 0 Å². The lowest BCUT2D eigenvalue weighted by Crippen LogP contribution is -2.61. The summed E-state index contributed by atoms with van der Waals surface area (Å²) in [6.07, 6.45) is 54.9. The van der Waals surface area contributed by atoms with Gasteiger partial charge in [0.1, 0.15) is 24.4 Å². The van der Waals surface area contributed by atoms with E-state index in [4.69, 9.17) is 14.2 Å². The minimum atomic E-state index is -1.61. The van der Waals surface area contributed by atoms with Crippen LogP contribution in [0.3, 0.4) is 0 Å². The Balaban J connectivity index is 2.59. The first-order valence-electron chi connectivity index (χ1n) is 32.8. The van der Waals surface area contributed by atoms with Gasteiger partial charge in [0.25, 0.3) is 0 Å². The van der Waals surface area contributed by atoms with Crippen molar-refractivity contribution in [1.29, 1.82) is 0 Å². The van der Waals surface area contributed by atoms with Crippen molar-refractivity contribution in [3.8, 4) is 0 Å². The topological polar surface area (TPSA) is 175 Å². The normalized spacial score (nSPS) is 19.2. The minimum absolute atomic E-state index is 0.115. The zero-order valence-electron chi connectivity index (χ0n) is 50.1. The van der Waals surface area contributed by atoms with E-state index < -0.39 is 67.4 Å². The molecule has 0 aromatic heterocycles. The molecule has 1 amide bonds. The standard InChI is InChI=1S/C66H123NO10/c1-4-7-10-13-16-19-22-24-25-26-27-28-29-30-31-32-33-34-36-39-41-44-47-50-53-59(70)65(74)67-57(58(69)52-49-46-43-40-38-35-23-20-17-14-11-8-5-2)56-75-66-64(63(73)62(72)60(55-68)76-66)77-61(71)54-51-48-45-42-37-21-18-15-12-9-6-3/h15,18,24-25,49,52,57-60,62-64,66,68-70,72-73H,4-14,16-17,19-23,26-48,50-51,53-56H2,1-3H3,(H,67,74)/b18-15-,25-24+,52-49+. The molecule has 0 aromatic rings. The molecule has 11 heteroatoms. The van der Waals surface area contributed by atoms with Crippen LogP contribution in [-0.2, 0) is 23.8 Å². The number of unbranched alkanes of at least 4 members (excludes halogenated alkanes) is 38. The molecule has 1 fully saturated rings. The van der Waals surface area contributed by atoms with Crippen LogP contribution >= 0.6 is 0 Å². The van der Waals surface area contributed by atoms with Gasteiger partial charge in [-0.3, -0.25) is 9.59 Å². The van der Waals surface area contributed by atoms with Gasteiger partial charge in [-0.05, 0) is 70.6 Å². The Kier molecular flexibility index (Phi) is 51.6. The third-order valence-electron chi connectivity index (χ3n) is 15.5. The van der Waals surface area contributed by atoms with Crippen LogP contribution in [0.25, 0.3) is 0 Å². The van der Waals surface area contributed by atoms with Gasteiger partial charge in [-0.15, -0.1) is 0 Å². The first-order chi connectivity index (χ1) is 37.7. The van der Waals surface area contributed by atoms with Crippen molar-refractivity contribution in [1.82, 2.24) is 5.32 Å². The summed E-state index contributed by atoms with van der Waals surface area (Å²) < 4.78 is 17.6. The first-order valence-corrected chi connectivity index (χ1v) is 32.8. The van der Waals surface area contributed by atoms with Crippen molar-refractivity contribution < 1.29 is 49.3 Å². The lowest BCUT2D eigenvalue weighted by atomic mass is 9.99. The van der Waals surface area contributed by atoms with Crippen molar-refractivity contribution in [2.45, 2.75) is 359 Å². The van der Waals surface area contributed by atoms with Gasteiger partial charge in [0, 0.05) is 6.42 Å². The highest BCUT2D eigenvalue weighted by molar-refractivity contribution is 5.80. The second kappa shape index (κ2) is 54.5. The Morgan fingerprint density at radius 1 is 0.494 bits per heavy atom. The van der Waals surface area contributed by atoms with Crippen molar-refractivity contribution in [3.05, 3.63) is 36.5 Å². The average Bonchev–Trinajstić information content (AvgIpc) is 3.44. The van der Waals surface area contributed by atoms with Gasteiger partial charge in [0.15, 0.2) is 12.4 Å². The highest BCUT2D eigenvalue weighted by atomic mass is 16.7. The fourth-order valence-electron chi connectivity index (χ4n) is 10.3. The Morgan fingerprint density at radius 2 is 0.870 bits per heavy atom. The van der Waals surface area contributed by atoms with Gasteiger partial charge in [0.05, 0.1) is 25.4 Å². The zero-order valence-corrected chi connectivity index (χ0v) is 50.1. The van der Waals surface area contributed by atoms with E-state index in [-0.39, 0.29) is 13.0 Å². The van der Waals surface area contributed by atoms with Crippen LogP contribution in [0.4, 0.5) is 0 Å². The molecule has 0 bridgehead atoms. The number of carbonyl (C=O) groups excluding carboxylic acids is 2. The summed E-state index contributed by atoms with van der Waals surface area (Å²) >= 11 is 0. The summed E-state index contributed by atoms with van der Waals surface area (Å²) in [5, 5.41) is 57.0. The van der Waals surface area contributed by atoms with Crippen LogP contribution in [-0.4, -0.2) is 99.6 Å². The van der Waals surface area contributed by atoms with E-state index in [9.17, 15) is 35.1 Å². The number of esters is 1. The number of hydrogen-bond acceptors (Lipinski definition) is 10. The first kappa shape index (κ1) is 72.9. The monoisotopic (exact) mass is 1090 g/mol. The van der Waals surface area contributed by atoms with Crippen molar-refractivity contribution in [2.24, 2.45) is 0 Å². The number of rotatable bonds is 56. The molecule has 1 rings (SSSR count). The number of nitrogens with one attached hydrogen (secondary N) is 1. The second-order valence-electron chi connectivity index (χ2n) is 22.8. The van der Waals surface area contributed by atoms with Gasteiger partial charge in [-0.25, -0.2) is 0 Å². The highest BCUT2D eigenvalue weighted by Gasteiger charge is 2.47. The van der Waals surface area contributed by atoms with Crippen LogP contribution in [0.15, 0.2) is 36.5 Å². The summed E-state index contributed by atoms with van der Waals surface area (Å²) in [5.74, 6) is -1.19. The number of allylic oxidation sites excluding steroid dienone is 5. The molecule has 1 aliphatic heterocycles. The molecule has 1 aliphatic rings. The average molecular weight is 1090 g/mol. The summed E-state index contributed by atoms with van der Waals surface area (Å²) in [6, 6.07) is -1.02. The van der Waals surface area contributed by atoms with E-state index in [1.165, 1.54) is 186 Å². The van der Waals surface area contributed by atoms with E-state index in [2.05, 4.69) is 50.4 Å². The summed E-state index contributed by atoms with van der Waals surface area (Å²) in [4.78, 5) is 26.5. The molecular weight excluding hydrogens is 967 g/mol. The van der Waals surface area contributed by atoms with Gasteiger partial charge >= 0.3 is 5.97 Å². The molecule has 11 nitrogen and oxygen atoms in total. The zero-order chi connectivity index (χ0) is 56.1. The SMILES string of the molecule is CCCC/C=C\CCCCCCCC(=O)OC1C(OCC(NC(=O)C(O)CCCCCCCCCCCCCCCC/C=C/CCCCCCCC)C(O)/C=C/CCCCCCCCCCCCC)OC(CO)C(O)C1O. The number of aliphatic hydroxyl groups excluding tert-OH is 5. The number of ether oxygens (including phenoxy) is 3. The molecule has 0 aromatic carbocycles. The molecular formula is C66H123NO10. The molecule has 1 saturated heterocycles. The van der Waals surface area contributed by atoms with Crippen molar-refractivity contribution >= 4 is 11.9 Å². The smallest absolute Gasteiger partial charge is 0.306 e. The van der Waals surface area contributed by atoms with Gasteiger partial charge in [0.2, 0.25) is 5.91 Å². The molecule has 0 saturated carbocycles. The predicted molar refractivity (Wildman–Crippen MR) is 320 cm³/mol. The van der Waals surface area contributed by atoms with E-state index >= 15 is 0 Å². The molecule has 452 valence electrons. The largest absolute Gasteiger partial charge is 0.454 e. The summed E-state index contributed by atoms with van der Waals surface area (Å²) in [5.41, 5.74) is 0. The Hall–Kier alpha value is -2.12. The highest BCUT2D eigenvalue weighted by Crippen LogP contribution is 2.26. The van der Waals surface area contributed by atoms with Crippen LogP contribution in [0.2, 0.25) is 0 Å². The quantitative estimate of drug-likeness (QED) is 0.0195. The number of amides is 1. The predicted octanol–water partition coefficient (Wildman–Crippen LogP) is 15.8. The summed E-state index contributed by atoms with van der Waals surface area (Å²) in [6.45, 7) is 5.76. The molecule has 8 unspecified atom stereocenters. The van der Waals surface area contributed by atoms with Crippen molar-refractivity contribution in [3.63, 3.8) is 0 Å². The van der Waals surface area contributed by atoms with E-state index in [0.717, 1.165) is 77.0 Å². The van der Waals surface area contributed by atoms with Crippen LogP contribution < -0.4 is 5.32 Å². The van der Waals surface area contributed by atoms with E-state index in [1.54, 1.807) is 6.08 Å². The molecule has 0 aliphatic carbocycles. The maximum absolute atomic E-state index is 13.4. The van der Waals surface area contributed by atoms with Crippen LogP contribution in [0, 0.1) is 0 Å². The third-order valence-corrected chi connectivity index (χ3v) is 15.5. The maximum Gasteiger partial charge on any atom is 0.306 e. The lowest BCUT2D eigenvalue weighted by Gasteiger charge is -2.41. The number of carbonyl (C=O) groups is 2. The van der Waals surface area contributed by atoms with Crippen LogP contribution in [0.1, 0.15) is 310 Å². The van der Waals surface area contributed by atoms with Crippen molar-refractivity contribution in [2.75, 3.05) is 13.2 Å². The Morgan fingerprint density at radius 3 is 1.30 bits per heavy atom. The molecule has 1 heterocycles. The van der Waals surface area contributed by atoms with E-state index in [1.807, 2.05) is 6.08 Å². The molecule has 0 radical (unpaired) electrons. The number of hydrogen-bond donors (Lipinski definition) is 6. The second-order valence-corrected chi connectivity index (χ2v) is 22.8. The molecule has 0 spiro atoms. The van der Waals surface area contributed by atoms with Gasteiger partial charge in [-0.1, -0.05) is 269 Å². The number of aliphatic hydroxyl groups is 5. The van der Waals surface area contributed by atoms with E-state index in [0.29, 0.717) is 19.3 Å². The molecule has 77 heavy (non-hydrogen) atoms. The Bertz CT molecular complexity index is 1390. The minimum Gasteiger partial charge on any atom is -0.454 e.